The number of aliphatic hydroxyl groups is 1. The third-order valence-electron chi connectivity index (χ3n) is 5.21. The van der Waals surface area contributed by atoms with Gasteiger partial charge in [-0.2, -0.15) is 0 Å². The Morgan fingerprint density at radius 2 is 1.04 bits per heavy atom. The summed E-state index contributed by atoms with van der Waals surface area (Å²) in [6, 6.07) is 30.7. The molecular formula is C22H23O2P. The fourth-order valence-electron chi connectivity index (χ4n) is 3.99. The summed E-state index contributed by atoms with van der Waals surface area (Å²) in [6.45, 7) is -3.07. The number of carbonyl (C=O) groups is 1. The number of hydrogen-bond acceptors (Lipinski definition) is 2. The Hall–Kier alpha value is -2.28. The quantitative estimate of drug-likeness (QED) is 0.525. The number of rotatable bonds is 7. The standard InChI is InChI=1S/C22H23O2P/c23-16-18-25(19-17-24,20-10-4-1-5-11-20,21-12-6-2-7-13-21)22-14-8-3-9-15-22/h1-16,24H,17-19H2. The molecule has 0 saturated heterocycles. The average molecular weight is 350 g/mol. The summed E-state index contributed by atoms with van der Waals surface area (Å²) in [4.78, 5) is 12.0. The Morgan fingerprint density at radius 1 is 0.680 bits per heavy atom. The predicted octanol–water partition coefficient (Wildman–Crippen LogP) is 2.71. The van der Waals surface area contributed by atoms with Gasteiger partial charge in [-0.25, -0.2) is 0 Å². The second-order valence-corrected chi connectivity index (χ2v) is 11.7. The van der Waals surface area contributed by atoms with Crippen molar-refractivity contribution in [2.24, 2.45) is 0 Å². The molecule has 0 unspecified atom stereocenters. The molecule has 0 heterocycles. The fourth-order valence-corrected chi connectivity index (χ4v) is 9.92. The van der Waals surface area contributed by atoms with Gasteiger partial charge in [0.2, 0.25) is 0 Å². The van der Waals surface area contributed by atoms with Crippen LogP contribution in [0.3, 0.4) is 0 Å². The van der Waals surface area contributed by atoms with Crippen LogP contribution in [0.15, 0.2) is 91.0 Å². The molecule has 0 fully saturated rings. The molecule has 0 atom stereocenters. The van der Waals surface area contributed by atoms with Crippen LogP contribution in [-0.2, 0) is 4.79 Å². The predicted molar refractivity (Wildman–Crippen MR) is 108 cm³/mol. The molecule has 3 rings (SSSR count). The molecule has 0 bridgehead atoms. The molecule has 3 heteroatoms. The van der Waals surface area contributed by atoms with E-state index in [4.69, 9.17) is 0 Å². The Balaban J connectivity index is 2.50. The Labute approximate surface area is 149 Å². The van der Waals surface area contributed by atoms with E-state index in [2.05, 4.69) is 36.4 Å². The Morgan fingerprint density at radius 3 is 1.32 bits per heavy atom. The molecule has 3 aromatic carbocycles. The van der Waals surface area contributed by atoms with Crippen LogP contribution in [0.25, 0.3) is 0 Å². The first-order valence-electron chi connectivity index (χ1n) is 8.50. The Kier molecular flexibility index (Phi) is 5.13. The van der Waals surface area contributed by atoms with Crippen molar-refractivity contribution >= 4 is 28.8 Å². The van der Waals surface area contributed by atoms with E-state index >= 15 is 0 Å². The van der Waals surface area contributed by atoms with Crippen LogP contribution in [0.2, 0.25) is 0 Å². The Bertz CT molecular complexity index is 717. The second-order valence-electron chi connectivity index (χ2n) is 6.31. The number of aliphatic hydroxyl groups excluding tert-OH is 1. The molecule has 128 valence electrons. The first-order valence-corrected chi connectivity index (χ1v) is 11.1. The van der Waals surface area contributed by atoms with E-state index in [0.717, 1.165) is 22.2 Å². The van der Waals surface area contributed by atoms with Gasteiger partial charge >= 0.3 is 149 Å². The van der Waals surface area contributed by atoms with Gasteiger partial charge in [0.1, 0.15) is 0 Å². The number of benzene rings is 3. The summed E-state index contributed by atoms with van der Waals surface area (Å²) in [5.41, 5.74) is 0. The molecular weight excluding hydrogens is 327 g/mol. The average Bonchev–Trinajstić information content (AvgIpc) is 2.70. The maximum absolute atomic E-state index is 12.0. The van der Waals surface area contributed by atoms with Gasteiger partial charge in [-0.3, -0.25) is 0 Å². The van der Waals surface area contributed by atoms with Crippen molar-refractivity contribution in [3.63, 3.8) is 0 Å². The first-order chi connectivity index (χ1) is 12.3. The molecule has 3 aromatic rings. The molecule has 0 spiro atoms. The molecule has 2 nitrogen and oxygen atoms in total. The molecule has 1 N–H and O–H groups in total. The van der Waals surface area contributed by atoms with E-state index < -0.39 is 6.60 Å². The van der Waals surface area contributed by atoms with Crippen LogP contribution in [-0.4, -0.2) is 30.3 Å². The van der Waals surface area contributed by atoms with Gasteiger partial charge in [0.25, 0.3) is 0 Å². The molecule has 0 aromatic heterocycles. The van der Waals surface area contributed by atoms with Crippen molar-refractivity contribution in [2.75, 3.05) is 18.9 Å². The minimum atomic E-state index is -3.10. The topological polar surface area (TPSA) is 37.3 Å². The normalized spacial score (nSPS) is 12.9. The summed E-state index contributed by atoms with van der Waals surface area (Å²) in [5.74, 6) is 0. The first kappa shape index (κ1) is 17.5. The van der Waals surface area contributed by atoms with Gasteiger partial charge in [-0.05, 0) is 0 Å². The van der Waals surface area contributed by atoms with Crippen LogP contribution in [0.1, 0.15) is 0 Å². The molecule has 0 aliphatic carbocycles. The van der Waals surface area contributed by atoms with Crippen LogP contribution in [0.5, 0.6) is 0 Å². The van der Waals surface area contributed by atoms with Gasteiger partial charge in [0, 0.05) is 0 Å². The van der Waals surface area contributed by atoms with Crippen LogP contribution in [0, 0.1) is 0 Å². The van der Waals surface area contributed by atoms with Gasteiger partial charge in [0.15, 0.2) is 0 Å². The van der Waals surface area contributed by atoms with Crippen molar-refractivity contribution in [1.82, 2.24) is 0 Å². The summed E-state index contributed by atoms with van der Waals surface area (Å²) < 4.78 is 0. The molecule has 0 saturated carbocycles. The molecule has 0 amide bonds. The van der Waals surface area contributed by atoms with E-state index in [9.17, 15) is 9.90 Å². The molecule has 0 aliphatic heterocycles. The van der Waals surface area contributed by atoms with E-state index in [1.807, 2.05) is 54.6 Å². The van der Waals surface area contributed by atoms with E-state index in [1.165, 1.54) is 0 Å². The van der Waals surface area contributed by atoms with E-state index in [-0.39, 0.29) is 6.61 Å². The maximum atomic E-state index is 12.0. The fraction of sp³-hybridized carbons (Fsp3) is 0.136. The second kappa shape index (κ2) is 7.31. The van der Waals surface area contributed by atoms with Crippen LogP contribution < -0.4 is 15.9 Å². The summed E-state index contributed by atoms with van der Waals surface area (Å²) in [6.07, 6.45) is 1.98. The van der Waals surface area contributed by atoms with Gasteiger partial charge < -0.3 is 0 Å². The monoisotopic (exact) mass is 350 g/mol. The summed E-state index contributed by atoms with van der Waals surface area (Å²) in [7, 11) is 0. The van der Waals surface area contributed by atoms with Crippen molar-refractivity contribution in [2.45, 2.75) is 0 Å². The van der Waals surface area contributed by atoms with E-state index in [1.54, 1.807) is 0 Å². The van der Waals surface area contributed by atoms with Crippen molar-refractivity contribution in [1.29, 1.82) is 0 Å². The number of hydrogen-bond donors (Lipinski definition) is 1. The number of aldehydes is 1. The zero-order valence-corrected chi connectivity index (χ0v) is 15.1. The van der Waals surface area contributed by atoms with Crippen LogP contribution in [0.4, 0.5) is 0 Å². The third kappa shape index (κ3) is 2.72. The van der Waals surface area contributed by atoms with Crippen molar-refractivity contribution in [3.05, 3.63) is 91.0 Å². The zero-order chi connectivity index (χ0) is 17.6. The zero-order valence-electron chi connectivity index (χ0n) is 14.2. The SMILES string of the molecule is O=CCP(CCO)(c1ccccc1)(c1ccccc1)c1ccccc1. The summed E-state index contributed by atoms with van der Waals surface area (Å²) >= 11 is 0. The third-order valence-corrected chi connectivity index (χ3v) is 12.0. The van der Waals surface area contributed by atoms with Gasteiger partial charge in [-0.1, -0.05) is 0 Å². The molecule has 0 aliphatic rings. The molecule has 25 heavy (non-hydrogen) atoms. The van der Waals surface area contributed by atoms with Gasteiger partial charge in [0.05, 0.1) is 0 Å². The van der Waals surface area contributed by atoms with Crippen molar-refractivity contribution < 1.29 is 9.90 Å². The van der Waals surface area contributed by atoms with Crippen molar-refractivity contribution in [3.8, 4) is 0 Å². The summed E-state index contributed by atoms with van der Waals surface area (Å²) in [5, 5.41) is 13.5. The minimum absolute atomic E-state index is 0.0321. The van der Waals surface area contributed by atoms with Gasteiger partial charge in [-0.15, -0.1) is 0 Å². The molecule has 0 radical (unpaired) electrons. The van der Waals surface area contributed by atoms with Crippen LogP contribution >= 0.6 is 6.60 Å². The van der Waals surface area contributed by atoms with E-state index in [0.29, 0.717) is 12.3 Å². The number of carbonyl (C=O) groups excluding carboxylic acids is 1.